The van der Waals surface area contributed by atoms with Gasteiger partial charge in [-0.25, -0.2) is 9.78 Å². The van der Waals surface area contributed by atoms with Crippen molar-refractivity contribution in [2.24, 2.45) is 0 Å². The van der Waals surface area contributed by atoms with E-state index in [1.54, 1.807) is 4.90 Å². The van der Waals surface area contributed by atoms with Crippen molar-refractivity contribution in [3.8, 4) is 0 Å². The minimum absolute atomic E-state index is 0.0239. The molecule has 7 heteroatoms. The van der Waals surface area contributed by atoms with Crippen LogP contribution >= 0.6 is 11.6 Å². The molecular weight excluding hydrogens is 378 g/mol. The number of carbonyl (C=O) groups is 2. The molecule has 0 bridgehead atoms. The lowest BCUT2D eigenvalue weighted by atomic mass is 10.0. The van der Waals surface area contributed by atoms with Gasteiger partial charge in [0.1, 0.15) is 16.8 Å². The van der Waals surface area contributed by atoms with Crippen molar-refractivity contribution in [3.05, 3.63) is 28.0 Å². The fourth-order valence-corrected chi connectivity index (χ4v) is 3.97. The fraction of sp³-hybridized carbons (Fsp3) is 0.667. The monoisotopic (exact) mass is 407 g/mol. The van der Waals surface area contributed by atoms with Crippen LogP contribution in [0.2, 0.25) is 5.15 Å². The van der Waals surface area contributed by atoms with E-state index in [-0.39, 0.29) is 11.9 Å². The van der Waals surface area contributed by atoms with E-state index in [2.05, 4.69) is 10.3 Å². The summed E-state index contributed by atoms with van der Waals surface area (Å²) < 4.78 is 5.50. The smallest absolute Gasteiger partial charge is 0.411 e. The summed E-state index contributed by atoms with van der Waals surface area (Å²) in [6.07, 6.45) is 3.27. The van der Waals surface area contributed by atoms with Gasteiger partial charge in [0, 0.05) is 24.2 Å². The Bertz CT molecular complexity index is 771. The SMILES string of the molecule is Cc1c(CNC(=O)[C@@H]2CCC(C)N2C(=O)OC(C)(C)C)cc(Cl)nc1C1CC1. The maximum atomic E-state index is 12.9. The van der Waals surface area contributed by atoms with E-state index >= 15 is 0 Å². The van der Waals surface area contributed by atoms with Crippen molar-refractivity contribution in [1.82, 2.24) is 15.2 Å². The minimum Gasteiger partial charge on any atom is -0.444 e. The van der Waals surface area contributed by atoms with Gasteiger partial charge in [-0.05, 0) is 77.5 Å². The number of nitrogens with zero attached hydrogens (tertiary/aromatic N) is 2. The lowest BCUT2D eigenvalue weighted by Gasteiger charge is -2.30. The van der Waals surface area contributed by atoms with Gasteiger partial charge in [0.05, 0.1) is 0 Å². The maximum absolute atomic E-state index is 12.9. The molecule has 1 saturated carbocycles. The van der Waals surface area contributed by atoms with Crippen molar-refractivity contribution < 1.29 is 14.3 Å². The number of hydrogen-bond acceptors (Lipinski definition) is 4. The second-order valence-corrected chi connectivity index (χ2v) is 9.32. The van der Waals surface area contributed by atoms with Crippen LogP contribution in [0.1, 0.15) is 76.1 Å². The predicted molar refractivity (Wildman–Crippen MR) is 108 cm³/mol. The van der Waals surface area contributed by atoms with Crippen LogP contribution in [0.25, 0.3) is 0 Å². The standard InChI is InChI=1S/C21H30ClN3O3/c1-12-6-9-16(25(12)20(27)28-21(3,4)5)19(26)23-11-15-10-17(22)24-18(13(15)2)14-7-8-14/h10,12,14,16H,6-9,11H2,1-5H3,(H,23,26)/t12?,16-/m0/s1. The summed E-state index contributed by atoms with van der Waals surface area (Å²) in [4.78, 5) is 31.5. The first kappa shape index (κ1) is 20.9. The van der Waals surface area contributed by atoms with Crippen LogP contribution in [0.15, 0.2) is 6.07 Å². The van der Waals surface area contributed by atoms with Crippen LogP contribution in [-0.4, -0.2) is 39.6 Å². The summed E-state index contributed by atoms with van der Waals surface area (Å²) >= 11 is 6.19. The van der Waals surface area contributed by atoms with Crippen molar-refractivity contribution >= 4 is 23.6 Å². The summed E-state index contributed by atoms with van der Waals surface area (Å²) in [6, 6.07) is 1.28. The number of aromatic nitrogens is 1. The molecule has 6 nitrogen and oxygen atoms in total. The average Bonchev–Trinajstić information content (AvgIpc) is 3.35. The highest BCUT2D eigenvalue weighted by Crippen LogP contribution is 2.41. The molecule has 1 unspecified atom stereocenters. The van der Waals surface area contributed by atoms with E-state index in [1.165, 1.54) is 0 Å². The van der Waals surface area contributed by atoms with Gasteiger partial charge in [-0.3, -0.25) is 9.69 Å². The Balaban J connectivity index is 1.68. The van der Waals surface area contributed by atoms with Gasteiger partial charge in [0.2, 0.25) is 5.91 Å². The maximum Gasteiger partial charge on any atom is 0.411 e. The van der Waals surface area contributed by atoms with Crippen LogP contribution in [0.5, 0.6) is 0 Å². The molecule has 2 heterocycles. The van der Waals surface area contributed by atoms with E-state index in [0.29, 0.717) is 24.0 Å². The quantitative estimate of drug-likeness (QED) is 0.754. The number of amides is 2. The number of likely N-dealkylation sites (tertiary alicyclic amines) is 1. The van der Waals surface area contributed by atoms with Gasteiger partial charge in [0.25, 0.3) is 0 Å². The highest BCUT2D eigenvalue weighted by Gasteiger charge is 2.40. The lowest BCUT2D eigenvalue weighted by Crippen LogP contribution is -2.49. The van der Waals surface area contributed by atoms with Crippen LogP contribution in [0.4, 0.5) is 4.79 Å². The number of ether oxygens (including phenoxy) is 1. The van der Waals surface area contributed by atoms with E-state index in [1.807, 2.05) is 40.7 Å². The van der Waals surface area contributed by atoms with Gasteiger partial charge < -0.3 is 10.1 Å². The Morgan fingerprint density at radius 2 is 1.96 bits per heavy atom. The largest absolute Gasteiger partial charge is 0.444 e. The second-order valence-electron chi connectivity index (χ2n) is 8.94. The molecule has 1 N–H and O–H groups in total. The van der Waals surface area contributed by atoms with E-state index in [0.717, 1.165) is 36.1 Å². The molecule has 1 aromatic heterocycles. The molecule has 0 radical (unpaired) electrons. The molecule has 1 aromatic rings. The van der Waals surface area contributed by atoms with Crippen LogP contribution in [-0.2, 0) is 16.1 Å². The molecule has 2 fully saturated rings. The summed E-state index contributed by atoms with van der Waals surface area (Å²) in [6.45, 7) is 9.84. The first-order chi connectivity index (χ1) is 13.1. The zero-order valence-electron chi connectivity index (χ0n) is 17.3. The predicted octanol–water partition coefficient (Wildman–Crippen LogP) is 4.33. The molecule has 154 valence electrons. The molecule has 1 aliphatic heterocycles. The van der Waals surface area contributed by atoms with E-state index in [4.69, 9.17) is 16.3 Å². The summed E-state index contributed by atoms with van der Waals surface area (Å²) in [7, 11) is 0. The molecule has 1 aliphatic carbocycles. The first-order valence-corrected chi connectivity index (χ1v) is 10.4. The number of rotatable bonds is 4. The zero-order chi connectivity index (χ0) is 20.6. The van der Waals surface area contributed by atoms with Crippen molar-refractivity contribution in [3.63, 3.8) is 0 Å². The lowest BCUT2D eigenvalue weighted by molar-refractivity contribution is -0.126. The van der Waals surface area contributed by atoms with Crippen molar-refractivity contribution in [2.45, 2.75) is 90.4 Å². The van der Waals surface area contributed by atoms with Crippen LogP contribution < -0.4 is 5.32 Å². The Kier molecular flexibility index (Phi) is 5.89. The van der Waals surface area contributed by atoms with Gasteiger partial charge in [-0.1, -0.05) is 11.6 Å². The van der Waals surface area contributed by atoms with Crippen molar-refractivity contribution in [2.75, 3.05) is 0 Å². The summed E-state index contributed by atoms with van der Waals surface area (Å²) in [5.74, 6) is 0.335. The molecule has 28 heavy (non-hydrogen) atoms. The normalized spacial score (nSPS) is 22.3. The average molecular weight is 408 g/mol. The molecular formula is C21H30ClN3O3. The number of pyridine rings is 1. The fourth-order valence-electron chi connectivity index (χ4n) is 3.75. The Labute approximate surface area is 172 Å². The van der Waals surface area contributed by atoms with Gasteiger partial charge in [-0.15, -0.1) is 0 Å². The molecule has 2 amide bonds. The Morgan fingerprint density at radius 1 is 1.29 bits per heavy atom. The van der Waals surface area contributed by atoms with Crippen LogP contribution in [0, 0.1) is 6.92 Å². The van der Waals surface area contributed by atoms with E-state index < -0.39 is 17.7 Å². The number of carbonyl (C=O) groups excluding carboxylic acids is 2. The first-order valence-electron chi connectivity index (χ1n) is 10.0. The second kappa shape index (κ2) is 7.90. The highest BCUT2D eigenvalue weighted by atomic mass is 35.5. The number of halogens is 1. The highest BCUT2D eigenvalue weighted by molar-refractivity contribution is 6.29. The van der Waals surface area contributed by atoms with Crippen molar-refractivity contribution in [1.29, 1.82) is 0 Å². The third-order valence-electron chi connectivity index (χ3n) is 5.38. The molecule has 3 rings (SSSR count). The Morgan fingerprint density at radius 3 is 2.57 bits per heavy atom. The van der Waals surface area contributed by atoms with E-state index in [9.17, 15) is 9.59 Å². The molecule has 0 spiro atoms. The zero-order valence-corrected chi connectivity index (χ0v) is 18.1. The number of hydrogen-bond donors (Lipinski definition) is 1. The summed E-state index contributed by atoms with van der Waals surface area (Å²) in [5, 5.41) is 3.45. The third kappa shape index (κ3) is 4.77. The molecule has 2 aliphatic rings. The summed E-state index contributed by atoms with van der Waals surface area (Å²) in [5.41, 5.74) is 2.52. The van der Waals surface area contributed by atoms with Gasteiger partial charge in [0.15, 0.2) is 0 Å². The molecule has 1 saturated heterocycles. The van der Waals surface area contributed by atoms with Gasteiger partial charge >= 0.3 is 6.09 Å². The minimum atomic E-state index is -0.593. The Hall–Kier alpha value is -1.82. The topological polar surface area (TPSA) is 71.5 Å². The third-order valence-corrected chi connectivity index (χ3v) is 5.57. The molecule has 2 atom stereocenters. The molecule has 0 aromatic carbocycles. The van der Waals surface area contributed by atoms with Crippen LogP contribution in [0.3, 0.4) is 0 Å². The van der Waals surface area contributed by atoms with Gasteiger partial charge in [-0.2, -0.15) is 0 Å². The number of nitrogens with one attached hydrogen (secondary N) is 1.